The van der Waals surface area contributed by atoms with Crippen LogP contribution in [0.15, 0.2) is 22.7 Å². The number of rotatable bonds is 2. The molecule has 1 aliphatic heterocycles. The summed E-state index contributed by atoms with van der Waals surface area (Å²) >= 11 is 3.38. The van der Waals surface area contributed by atoms with Crippen molar-refractivity contribution in [2.75, 3.05) is 11.4 Å². The lowest BCUT2D eigenvalue weighted by molar-refractivity contribution is 0.112. The zero-order valence-corrected chi connectivity index (χ0v) is 10.3. The van der Waals surface area contributed by atoms with E-state index in [9.17, 15) is 4.79 Å². The molecular weight excluding hydrogens is 254 g/mol. The zero-order valence-electron chi connectivity index (χ0n) is 8.74. The van der Waals surface area contributed by atoms with Gasteiger partial charge >= 0.3 is 0 Å². The largest absolute Gasteiger partial charge is 0.368 e. The summed E-state index contributed by atoms with van der Waals surface area (Å²) in [5.41, 5.74) is 1.84. The first-order valence-corrected chi connectivity index (χ1v) is 6.03. The Balaban J connectivity index is 2.38. The van der Waals surface area contributed by atoms with Gasteiger partial charge in [-0.1, -0.05) is 15.9 Å². The number of benzene rings is 1. The molecule has 3 heteroatoms. The summed E-state index contributed by atoms with van der Waals surface area (Å²) in [7, 11) is 0. The number of anilines is 1. The van der Waals surface area contributed by atoms with Gasteiger partial charge in [-0.2, -0.15) is 0 Å². The van der Waals surface area contributed by atoms with E-state index in [0.717, 1.165) is 28.6 Å². The fourth-order valence-electron chi connectivity index (χ4n) is 2.17. The van der Waals surface area contributed by atoms with E-state index >= 15 is 0 Å². The molecule has 1 aromatic carbocycles. The minimum atomic E-state index is 0.546. The second kappa shape index (κ2) is 4.35. The molecule has 1 heterocycles. The number of carbonyl (C=O) groups is 1. The van der Waals surface area contributed by atoms with Gasteiger partial charge in [0, 0.05) is 28.3 Å². The summed E-state index contributed by atoms with van der Waals surface area (Å²) in [6.45, 7) is 3.27. The second-order valence-corrected chi connectivity index (χ2v) is 4.92. The molecule has 0 amide bonds. The van der Waals surface area contributed by atoms with Crippen LogP contribution in [0.25, 0.3) is 0 Å². The van der Waals surface area contributed by atoms with Crippen LogP contribution in [0.2, 0.25) is 0 Å². The molecule has 2 rings (SSSR count). The normalized spacial score (nSPS) is 20.7. The van der Waals surface area contributed by atoms with Crippen LogP contribution in [0, 0.1) is 0 Å². The van der Waals surface area contributed by atoms with E-state index in [1.54, 1.807) is 0 Å². The molecule has 0 saturated carbocycles. The van der Waals surface area contributed by atoms with Gasteiger partial charge in [-0.15, -0.1) is 0 Å². The molecule has 0 radical (unpaired) electrons. The van der Waals surface area contributed by atoms with Crippen molar-refractivity contribution in [2.45, 2.75) is 25.8 Å². The summed E-state index contributed by atoms with van der Waals surface area (Å²) in [5.74, 6) is 0. The molecule has 15 heavy (non-hydrogen) atoms. The van der Waals surface area contributed by atoms with E-state index < -0.39 is 0 Å². The number of nitrogens with zero attached hydrogens (tertiary/aromatic N) is 1. The predicted molar refractivity (Wildman–Crippen MR) is 65.6 cm³/mol. The predicted octanol–water partition coefficient (Wildman–Crippen LogP) is 3.25. The van der Waals surface area contributed by atoms with Crippen molar-refractivity contribution in [3.63, 3.8) is 0 Å². The molecule has 0 bridgehead atoms. The van der Waals surface area contributed by atoms with Crippen molar-refractivity contribution < 1.29 is 4.79 Å². The number of hydrogen-bond acceptors (Lipinski definition) is 2. The third-order valence-corrected chi connectivity index (χ3v) is 3.47. The Kier molecular flexibility index (Phi) is 3.10. The topological polar surface area (TPSA) is 20.3 Å². The van der Waals surface area contributed by atoms with E-state index in [1.165, 1.54) is 12.8 Å². The highest BCUT2D eigenvalue weighted by molar-refractivity contribution is 9.10. The third kappa shape index (κ3) is 2.07. The second-order valence-electron chi connectivity index (χ2n) is 4.01. The number of carbonyl (C=O) groups excluding carboxylic acids is 1. The number of hydrogen-bond donors (Lipinski definition) is 0. The van der Waals surface area contributed by atoms with Crippen molar-refractivity contribution in [1.29, 1.82) is 0 Å². The monoisotopic (exact) mass is 267 g/mol. The van der Waals surface area contributed by atoms with Gasteiger partial charge in [-0.05, 0) is 38.0 Å². The van der Waals surface area contributed by atoms with Gasteiger partial charge in [0.15, 0.2) is 6.29 Å². The molecule has 1 aromatic rings. The summed E-state index contributed by atoms with van der Waals surface area (Å²) in [6, 6.07) is 6.45. The Labute approximate surface area is 98.4 Å². The van der Waals surface area contributed by atoms with Gasteiger partial charge in [0.05, 0.1) is 0 Å². The average Bonchev–Trinajstić information content (AvgIpc) is 2.64. The minimum absolute atomic E-state index is 0.546. The first-order valence-electron chi connectivity index (χ1n) is 5.24. The summed E-state index contributed by atoms with van der Waals surface area (Å²) in [4.78, 5) is 13.3. The lowest BCUT2D eigenvalue weighted by atomic mass is 10.1. The highest BCUT2D eigenvalue weighted by Crippen LogP contribution is 2.29. The van der Waals surface area contributed by atoms with Crippen LogP contribution >= 0.6 is 15.9 Å². The Bertz CT molecular complexity index is 378. The molecule has 0 spiro atoms. The molecule has 80 valence electrons. The van der Waals surface area contributed by atoms with Crippen LogP contribution in [0.4, 0.5) is 5.69 Å². The van der Waals surface area contributed by atoms with Crippen LogP contribution in [0.3, 0.4) is 0 Å². The number of aldehydes is 1. The summed E-state index contributed by atoms with van der Waals surface area (Å²) < 4.78 is 0.959. The molecular formula is C12H14BrNO. The molecule has 0 N–H and O–H groups in total. The lowest BCUT2D eigenvalue weighted by Crippen LogP contribution is -2.27. The zero-order chi connectivity index (χ0) is 10.8. The Morgan fingerprint density at radius 3 is 2.93 bits per heavy atom. The SMILES string of the molecule is C[C@H]1CCCN1c1ccc(Br)cc1C=O. The van der Waals surface area contributed by atoms with Crippen molar-refractivity contribution in [3.8, 4) is 0 Å². The van der Waals surface area contributed by atoms with Crippen LogP contribution in [0.5, 0.6) is 0 Å². The molecule has 1 atom stereocenters. The minimum Gasteiger partial charge on any atom is -0.368 e. The molecule has 0 aliphatic carbocycles. The van der Waals surface area contributed by atoms with Gasteiger partial charge in [0.25, 0.3) is 0 Å². The van der Waals surface area contributed by atoms with E-state index in [2.05, 4.69) is 27.8 Å². The van der Waals surface area contributed by atoms with E-state index in [-0.39, 0.29) is 0 Å². The molecule has 1 fully saturated rings. The van der Waals surface area contributed by atoms with Gasteiger partial charge in [-0.3, -0.25) is 4.79 Å². The highest BCUT2D eigenvalue weighted by Gasteiger charge is 2.22. The Morgan fingerprint density at radius 1 is 1.53 bits per heavy atom. The van der Waals surface area contributed by atoms with Crippen molar-refractivity contribution in [1.82, 2.24) is 0 Å². The molecule has 1 aliphatic rings. The molecule has 0 aromatic heterocycles. The maximum atomic E-state index is 11.0. The van der Waals surface area contributed by atoms with Crippen molar-refractivity contribution in [2.24, 2.45) is 0 Å². The maximum Gasteiger partial charge on any atom is 0.152 e. The van der Waals surface area contributed by atoms with Crippen LogP contribution < -0.4 is 4.90 Å². The Morgan fingerprint density at radius 2 is 2.33 bits per heavy atom. The standard InChI is InChI=1S/C12H14BrNO/c1-9-3-2-6-14(9)12-5-4-11(13)7-10(12)8-15/h4-5,7-9H,2-3,6H2,1H3/t9-/m0/s1. The van der Waals surface area contributed by atoms with E-state index in [1.807, 2.05) is 18.2 Å². The molecule has 2 nitrogen and oxygen atoms in total. The molecule has 0 unspecified atom stereocenters. The fourth-order valence-corrected chi connectivity index (χ4v) is 2.55. The maximum absolute atomic E-state index is 11.0. The summed E-state index contributed by atoms with van der Waals surface area (Å²) in [5, 5.41) is 0. The van der Waals surface area contributed by atoms with Crippen LogP contribution in [-0.4, -0.2) is 18.9 Å². The van der Waals surface area contributed by atoms with Crippen molar-refractivity contribution in [3.05, 3.63) is 28.2 Å². The first kappa shape index (κ1) is 10.7. The lowest BCUT2D eigenvalue weighted by Gasteiger charge is -2.25. The van der Waals surface area contributed by atoms with Gasteiger partial charge in [0.1, 0.15) is 0 Å². The first-order chi connectivity index (χ1) is 7.22. The van der Waals surface area contributed by atoms with Crippen LogP contribution in [0.1, 0.15) is 30.1 Å². The van der Waals surface area contributed by atoms with Gasteiger partial charge < -0.3 is 4.90 Å². The van der Waals surface area contributed by atoms with E-state index in [4.69, 9.17) is 0 Å². The van der Waals surface area contributed by atoms with Gasteiger partial charge in [0.2, 0.25) is 0 Å². The smallest absolute Gasteiger partial charge is 0.152 e. The quantitative estimate of drug-likeness (QED) is 0.767. The van der Waals surface area contributed by atoms with Gasteiger partial charge in [-0.25, -0.2) is 0 Å². The van der Waals surface area contributed by atoms with Crippen LogP contribution in [-0.2, 0) is 0 Å². The van der Waals surface area contributed by atoms with Crippen molar-refractivity contribution >= 4 is 27.9 Å². The average molecular weight is 268 g/mol. The Hall–Kier alpha value is -0.830. The fraction of sp³-hybridized carbons (Fsp3) is 0.417. The molecule has 1 saturated heterocycles. The highest BCUT2D eigenvalue weighted by atomic mass is 79.9. The number of halogens is 1. The summed E-state index contributed by atoms with van der Waals surface area (Å²) in [6.07, 6.45) is 3.37. The van der Waals surface area contributed by atoms with E-state index in [0.29, 0.717) is 6.04 Å². The third-order valence-electron chi connectivity index (χ3n) is 2.98.